The molecule has 0 saturated carbocycles. The largest absolute Gasteiger partial charge is 0.481 e. The van der Waals surface area contributed by atoms with Crippen LogP contribution >= 0.6 is 0 Å². The Bertz CT molecular complexity index is 568. The Morgan fingerprint density at radius 1 is 1.12 bits per heavy atom. The number of likely N-dealkylation sites (tertiary alicyclic amines) is 1. The lowest BCUT2D eigenvalue weighted by molar-refractivity contribution is -0.143. The number of carboxylic acid groups (broad SMARTS) is 1. The SMILES string of the molecule is O=C(CCN1CCC(C(=O)O)CC1)NC(=O)NCc1ccccc1. The Hall–Kier alpha value is -2.41. The number of hydrogen-bond donors (Lipinski definition) is 3. The van der Waals surface area contributed by atoms with Crippen LogP contribution in [0.5, 0.6) is 0 Å². The number of carbonyl (C=O) groups excluding carboxylic acids is 2. The molecule has 7 heteroatoms. The zero-order chi connectivity index (χ0) is 17.4. The van der Waals surface area contributed by atoms with Crippen LogP contribution in [0.3, 0.4) is 0 Å². The predicted octanol–water partition coefficient (Wildman–Crippen LogP) is 1.20. The number of benzene rings is 1. The Morgan fingerprint density at radius 3 is 2.42 bits per heavy atom. The van der Waals surface area contributed by atoms with Gasteiger partial charge in [-0.25, -0.2) is 4.79 Å². The molecule has 1 saturated heterocycles. The van der Waals surface area contributed by atoms with Crippen LogP contribution in [0.15, 0.2) is 30.3 Å². The van der Waals surface area contributed by atoms with Gasteiger partial charge < -0.3 is 15.3 Å². The van der Waals surface area contributed by atoms with Crippen LogP contribution in [0.1, 0.15) is 24.8 Å². The average Bonchev–Trinajstić information content (AvgIpc) is 2.59. The second-order valence-corrected chi connectivity index (χ2v) is 5.92. The third-order valence-corrected chi connectivity index (χ3v) is 4.14. The van der Waals surface area contributed by atoms with E-state index in [1.54, 1.807) is 0 Å². The molecule has 7 nitrogen and oxygen atoms in total. The number of hydrogen-bond acceptors (Lipinski definition) is 4. The Balaban J connectivity index is 1.61. The van der Waals surface area contributed by atoms with E-state index in [1.807, 2.05) is 30.3 Å². The fourth-order valence-corrected chi connectivity index (χ4v) is 2.67. The van der Waals surface area contributed by atoms with Crippen LogP contribution in [0.25, 0.3) is 0 Å². The van der Waals surface area contributed by atoms with Crippen molar-refractivity contribution < 1.29 is 19.5 Å². The molecule has 0 aliphatic carbocycles. The summed E-state index contributed by atoms with van der Waals surface area (Å²) in [4.78, 5) is 36.4. The van der Waals surface area contributed by atoms with Crippen molar-refractivity contribution in [2.24, 2.45) is 5.92 Å². The van der Waals surface area contributed by atoms with Crippen molar-refractivity contribution in [1.82, 2.24) is 15.5 Å². The van der Waals surface area contributed by atoms with Crippen LogP contribution < -0.4 is 10.6 Å². The highest BCUT2D eigenvalue weighted by molar-refractivity contribution is 5.94. The zero-order valence-electron chi connectivity index (χ0n) is 13.5. The van der Waals surface area contributed by atoms with Gasteiger partial charge in [-0.1, -0.05) is 30.3 Å². The lowest BCUT2D eigenvalue weighted by atomic mass is 9.97. The van der Waals surface area contributed by atoms with Gasteiger partial charge in [-0.3, -0.25) is 14.9 Å². The number of amides is 3. The zero-order valence-corrected chi connectivity index (χ0v) is 13.5. The molecule has 130 valence electrons. The lowest BCUT2D eigenvalue weighted by Crippen LogP contribution is -2.42. The lowest BCUT2D eigenvalue weighted by Gasteiger charge is -2.29. The van der Waals surface area contributed by atoms with E-state index < -0.39 is 12.0 Å². The van der Waals surface area contributed by atoms with Crippen molar-refractivity contribution in [1.29, 1.82) is 0 Å². The van der Waals surface area contributed by atoms with Gasteiger partial charge in [0.25, 0.3) is 0 Å². The standard InChI is InChI=1S/C17H23N3O4/c21-15(8-11-20-9-6-14(7-10-20)16(22)23)19-17(24)18-12-13-4-2-1-3-5-13/h1-5,14H,6-12H2,(H,22,23)(H2,18,19,21,24). The summed E-state index contributed by atoms with van der Waals surface area (Å²) in [6.07, 6.45) is 1.43. The second kappa shape index (κ2) is 9.02. The van der Waals surface area contributed by atoms with Gasteiger partial charge in [-0.2, -0.15) is 0 Å². The second-order valence-electron chi connectivity index (χ2n) is 5.92. The van der Waals surface area contributed by atoms with E-state index >= 15 is 0 Å². The summed E-state index contributed by atoms with van der Waals surface area (Å²) in [5.41, 5.74) is 0.960. The maximum atomic E-state index is 11.8. The van der Waals surface area contributed by atoms with Crippen LogP contribution in [-0.4, -0.2) is 47.5 Å². The third kappa shape index (κ3) is 6.00. The molecule has 1 aliphatic rings. The first-order valence-corrected chi connectivity index (χ1v) is 8.11. The molecule has 0 aromatic heterocycles. The molecule has 3 N–H and O–H groups in total. The maximum Gasteiger partial charge on any atom is 0.321 e. The smallest absolute Gasteiger partial charge is 0.321 e. The first kappa shape index (κ1) is 17.9. The average molecular weight is 333 g/mol. The molecule has 0 spiro atoms. The third-order valence-electron chi connectivity index (χ3n) is 4.14. The molecular weight excluding hydrogens is 310 g/mol. The summed E-state index contributed by atoms with van der Waals surface area (Å²) in [7, 11) is 0. The highest BCUT2D eigenvalue weighted by Crippen LogP contribution is 2.17. The van der Waals surface area contributed by atoms with Crippen LogP contribution in [0.4, 0.5) is 4.79 Å². The van der Waals surface area contributed by atoms with Crippen molar-refractivity contribution in [3.63, 3.8) is 0 Å². The van der Waals surface area contributed by atoms with Crippen molar-refractivity contribution in [3.8, 4) is 0 Å². The first-order valence-electron chi connectivity index (χ1n) is 8.11. The molecule has 1 aromatic rings. The van der Waals surface area contributed by atoms with E-state index in [2.05, 4.69) is 15.5 Å². The molecule has 0 radical (unpaired) electrons. The van der Waals surface area contributed by atoms with Gasteiger partial charge >= 0.3 is 12.0 Å². The number of nitrogens with one attached hydrogen (secondary N) is 2. The molecule has 24 heavy (non-hydrogen) atoms. The number of piperidine rings is 1. The predicted molar refractivity (Wildman–Crippen MR) is 88.2 cm³/mol. The maximum absolute atomic E-state index is 11.8. The van der Waals surface area contributed by atoms with E-state index in [4.69, 9.17) is 5.11 Å². The molecule has 0 bridgehead atoms. The van der Waals surface area contributed by atoms with E-state index in [0.717, 1.165) is 5.56 Å². The van der Waals surface area contributed by atoms with E-state index in [9.17, 15) is 14.4 Å². The Kier molecular flexibility index (Phi) is 6.74. The number of carboxylic acids is 1. The normalized spacial score (nSPS) is 15.7. The summed E-state index contributed by atoms with van der Waals surface area (Å²) in [6.45, 7) is 2.24. The van der Waals surface area contributed by atoms with E-state index in [0.29, 0.717) is 39.0 Å². The van der Waals surface area contributed by atoms with Crippen molar-refractivity contribution >= 4 is 17.9 Å². The molecule has 3 amide bonds. The van der Waals surface area contributed by atoms with Gasteiger partial charge in [0.15, 0.2) is 0 Å². The number of carbonyl (C=O) groups is 3. The molecule has 2 rings (SSSR count). The number of nitrogens with zero attached hydrogens (tertiary/aromatic N) is 1. The summed E-state index contributed by atoms with van der Waals surface area (Å²) >= 11 is 0. The monoisotopic (exact) mass is 333 g/mol. The van der Waals surface area contributed by atoms with Gasteiger partial charge in [-0.05, 0) is 31.5 Å². The molecule has 1 aliphatic heterocycles. The first-order chi connectivity index (χ1) is 11.5. The quantitative estimate of drug-likeness (QED) is 0.726. The van der Waals surface area contributed by atoms with Gasteiger partial charge in [0.1, 0.15) is 0 Å². The highest BCUT2D eigenvalue weighted by atomic mass is 16.4. The molecule has 1 aromatic carbocycles. The van der Waals surface area contributed by atoms with Crippen molar-refractivity contribution in [2.45, 2.75) is 25.8 Å². The number of imide groups is 1. The minimum absolute atomic E-state index is 0.219. The summed E-state index contributed by atoms with van der Waals surface area (Å²) in [6, 6.07) is 8.94. The molecule has 0 unspecified atom stereocenters. The van der Waals surface area contributed by atoms with Gasteiger partial charge in [0, 0.05) is 19.5 Å². The summed E-state index contributed by atoms with van der Waals surface area (Å²) in [5, 5.41) is 13.9. The van der Waals surface area contributed by atoms with Gasteiger partial charge in [0.05, 0.1) is 5.92 Å². The topological polar surface area (TPSA) is 98.7 Å². The molecule has 0 atom stereocenters. The number of aliphatic carboxylic acids is 1. The fourth-order valence-electron chi connectivity index (χ4n) is 2.67. The van der Waals surface area contributed by atoms with Crippen LogP contribution in [-0.2, 0) is 16.1 Å². The van der Waals surface area contributed by atoms with Gasteiger partial charge in [0.2, 0.25) is 5.91 Å². The fraction of sp³-hybridized carbons (Fsp3) is 0.471. The van der Waals surface area contributed by atoms with Crippen LogP contribution in [0, 0.1) is 5.92 Å². The Labute approximate surface area is 141 Å². The van der Waals surface area contributed by atoms with E-state index in [-0.39, 0.29) is 18.2 Å². The minimum Gasteiger partial charge on any atom is -0.481 e. The highest BCUT2D eigenvalue weighted by Gasteiger charge is 2.24. The van der Waals surface area contributed by atoms with Gasteiger partial charge in [-0.15, -0.1) is 0 Å². The summed E-state index contributed by atoms with van der Waals surface area (Å²) in [5.74, 6) is -1.36. The van der Waals surface area contributed by atoms with E-state index in [1.165, 1.54) is 0 Å². The number of urea groups is 1. The van der Waals surface area contributed by atoms with Crippen molar-refractivity contribution in [2.75, 3.05) is 19.6 Å². The van der Waals surface area contributed by atoms with Crippen molar-refractivity contribution in [3.05, 3.63) is 35.9 Å². The molecule has 1 fully saturated rings. The van der Waals surface area contributed by atoms with Crippen LogP contribution in [0.2, 0.25) is 0 Å². The summed E-state index contributed by atoms with van der Waals surface area (Å²) < 4.78 is 0. The molecular formula is C17H23N3O4. The minimum atomic E-state index is -0.748. The Morgan fingerprint density at radius 2 is 1.79 bits per heavy atom. The number of rotatable bonds is 6. The molecule has 1 heterocycles.